The van der Waals surface area contributed by atoms with Crippen LogP contribution in [0.2, 0.25) is 0 Å². The van der Waals surface area contributed by atoms with Crippen LogP contribution >= 0.6 is 7.60 Å². The Balaban J connectivity index is 2.39. The lowest BCUT2D eigenvalue weighted by Crippen LogP contribution is -2.62. The van der Waals surface area contributed by atoms with Crippen molar-refractivity contribution in [3.8, 4) is 0 Å². The van der Waals surface area contributed by atoms with E-state index in [9.17, 15) is 77.3 Å². The van der Waals surface area contributed by atoms with Gasteiger partial charge in [-0.3, -0.25) is 52.5 Å². The van der Waals surface area contributed by atoms with Crippen LogP contribution in [0, 0.1) is 11.8 Å². The summed E-state index contributed by atoms with van der Waals surface area (Å²) in [6.45, 7) is 5.64. The number of benzene rings is 1. The van der Waals surface area contributed by atoms with Gasteiger partial charge in [-0.15, -0.1) is 0 Å². The van der Waals surface area contributed by atoms with Crippen molar-refractivity contribution < 1.29 is 77.3 Å². The molecule has 1 aliphatic heterocycles. The minimum Gasteiger partial charge on any atom is -0.480 e. The highest BCUT2D eigenvalue weighted by Crippen LogP contribution is 2.39. The Bertz CT molecular complexity index is 2100. The Morgan fingerprint density at radius 1 is 0.623 bits per heavy atom. The number of carbonyl (C=O) groups is 11. The maximum absolute atomic E-state index is 14.1. The summed E-state index contributed by atoms with van der Waals surface area (Å²) in [7, 11) is -4.44. The van der Waals surface area contributed by atoms with Crippen LogP contribution in [0.5, 0.6) is 0 Å². The van der Waals surface area contributed by atoms with Crippen LogP contribution in [0.1, 0.15) is 77.3 Å². The van der Waals surface area contributed by atoms with Crippen molar-refractivity contribution in [2.75, 3.05) is 13.2 Å². The molecule has 1 aliphatic rings. The zero-order valence-electron chi connectivity index (χ0n) is 38.5. The SMILES string of the molecule is CC(C)[C@H](NC(=O)[C@H](CC(N)=O)NC(=O)[C@@H](NC(=O)[C@H](Cc1ccc(CP(=O)(O)O)cc1)NC(=O)[C@H](CO)NC(=O)[C@@H]1CCCN1)C(C)C)C(=O)N[C@@H](CCC(N)=O)C(=O)N[C@@H](CC(N)=O)C(=O)O. The molecule has 28 heteroatoms. The number of aliphatic carboxylic acids is 1. The van der Waals surface area contributed by atoms with Gasteiger partial charge in [0.1, 0.15) is 42.3 Å². The molecule has 1 saturated heterocycles. The number of aliphatic hydroxyl groups excluding tert-OH is 1. The number of carboxylic acid groups (broad SMARTS) is 1. The highest BCUT2D eigenvalue weighted by molar-refractivity contribution is 7.50. The van der Waals surface area contributed by atoms with E-state index in [4.69, 9.17) is 17.2 Å². The molecule has 0 bridgehead atoms. The molecule has 10 amide bonds. The third-order valence-corrected chi connectivity index (χ3v) is 11.3. The Morgan fingerprint density at radius 3 is 1.52 bits per heavy atom. The number of nitrogens with two attached hydrogens (primary N) is 3. The fraction of sp³-hybridized carbons (Fsp3) is 0.585. The molecule has 1 aromatic rings. The molecule has 2 rings (SSSR count). The molecule has 0 saturated carbocycles. The molecule has 1 aromatic carbocycles. The maximum Gasteiger partial charge on any atom is 0.329 e. The first-order chi connectivity index (χ1) is 32.1. The predicted octanol–water partition coefficient (Wildman–Crippen LogP) is -5.54. The highest BCUT2D eigenvalue weighted by atomic mass is 31.2. The van der Waals surface area contributed by atoms with E-state index in [1.54, 1.807) is 0 Å². The number of amides is 10. The molecule has 0 spiro atoms. The van der Waals surface area contributed by atoms with Gasteiger partial charge < -0.3 is 79.7 Å². The molecule has 384 valence electrons. The zero-order chi connectivity index (χ0) is 52.3. The van der Waals surface area contributed by atoms with E-state index in [1.165, 1.54) is 52.0 Å². The van der Waals surface area contributed by atoms with Crippen molar-refractivity contribution in [1.82, 2.24) is 42.5 Å². The van der Waals surface area contributed by atoms with Gasteiger partial charge in [-0.05, 0) is 48.8 Å². The van der Waals surface area contributed by atoms with Crippen molar-refractivity contribution in [3.05, 3.63) is 35.4 Å². The van der Waals surface area contributed by atoms with E-state index in [2.05, 4.69) is 37.2 Å². The van der Waals surface area contributed by atoms with Crippen LogP contribution in [-0.2, 0) is 69.9 Å². The zero-order valence-corrected chi connectivity index (χ0v) is 39.4. The van der Waals surface area contributed by atoms with Crippen LogP contribution in [0.25, 0.3) is 0 Å². The molecular formula is C41H64N11O16P. The van der Waals surface area contributed by atoms with Crippen LogP contribution in [0.3, 0.4) is 0 Å². The smallest absolute Gasteiger partial charge is 0.329 e. The lowest BCUT2D eigenvalue weighted by Gasteiger charge is -2.29. The summed E-state index contributed by atoms with van der Waals surface area (Å²) in [4.78, 5) is 161. The highest BCUT2D eigenvalue weighted by Gasteiger charge is 2.37. The van der Waals surface area contributed by atoms with Crippen molar-refractivity contribution in [1.29, 1.82) is 0 Å². The van der Waals surface area contributed by atoms with Crippen LogP contribution in [0.15, 0.2) is 24.3 Å². The second kappa shape index (κ2) is 27.5. The molecular weight excluding hydrogens is 933 g/mol. The van der Waals surface area contributed by atoms with E-state index in [0.29, 0.717) is 24.9 Å². The van der Waals surface area contributed by atoms with Gasteiger partial charge in [0.25, 0.3) is 0 Å². The van der Waals surface area contributed by atoms with Gasteiger partial charge in [-0.1, -0.05) is 52.0 Å². The van der Waals surface area contributed by atoms with Crippen LogP contribution < -0.4 is 59.7 Å². The van der Waals surface area contributed by atoms with E-state index in [-0.39, 0.29) is 12.0 Å². The monoisotopic (exact) mass is 997 g/mol. The largest absolute Gasteiger partial charge is 0.480 e. The first-order valence-corrected chi connectivity index (χ1v) is 23.6. The minimum atomic E-state index is -4.44. The lowest BCUT2D eigenvalue weighted by atomic mass is 9.99. The topological polar surface area (TPSA) is 460 Å². The standard InChI is InChI=1S/C41H64N11O16P/c1-19(2)32(39(62)46-24(11-12-29(42)54)35(58)49-27(41(64)65)16-31(44)56)52-37(60)26(15-30(43)55)48-40(63)33(20(3)4)51-36(59)25(14-21-7-9-22(10-8-21)18-69(66,67)68)47-38(61)28(17-53)50-34(57)23-6-5-13-45-23/h7-10,19-20,23-28,32-33,45,53H,5-6,11-18H2,1-4H3,(H2,42,54)(H2,43,55)(H2,44,56)(H,46,62)(H,47,61)(H,48,63)(H,49,58)(H,50,57)(H,51,59)(H,52,60)(H,64,65)(H2,66,67,68)/t23-,24-,25-,26-,27-,28-,32-,33-/m0/s1. The Labute approximate surface area is 396 Å². The van der Waals surface area contributed by atoms with Gasteiger partial charge in [0.05, 0.1) is 31.7 Å². The molecule has 0 aromatic heterocycles. The number of hydrogen-bond acceptors (Lipinski definition) is 14. The minimum absolute atomic E-state index is 0.258. The third kappa shape index (κ3) is 20.7. The summed E-state index contributed by atoms with van der Waals surface area (Å²) in [5.74, 6) is -13.2. The molecule has 0 aliphatic carbocycles. The molecule has 0 radical (unpaired) electrons. The predicted molar refractivity (Wildman–Crippen MR) is 241 cm³/mol. The van der Waals surface area contributed by atoms with E-state index in [1.807, 2.05) is 5.32 Å². The van der Waals surface area contributed by atoms with Crippen LogP contribution in [-0.4, -0.2) is 147 Å². The van der Waals surface area contributed by atoms with E-state index in [0.717, 1.165) is 0 Å². The summed E-state index contributed by atoms with van der Waals surface area (Å²) in [6.07, 6.45) is -2.30. The van der Waals surface area contributed by atoms with Crippen LogP contribution in [0.4, 0.5) is 0 Å². The summed E-state index contributed by atoms with van der Waals surface area (Å²) in [5, 5.41) is 39.0. The van der Waals surface area contributed by atoms with E-state index >= 15 is 0 Å². The first-order valence-electron chi connectivity index (χ1n) is 21.8. The summed E-state index contributed by atoms with van der Waals surface area (Å²) < 4.78 is 11.6. The average molecular weight is 998 g/mol. The maximum atomic E-state index is 14.1. The average Bonchev–Trinajstić information content (AvgIpc) is 3.79. The van der Waals surface area contributed by atoms with Gasteiger partial charge in [0, 0.05) is 12.8 Å². The number of rotatable bonds is 29. The van der Waals surface area contributed by atoms with Gasteiger partial charge in [-0.2, -0.15) is 0 Å². The van der Waals surface area contributed by atoms with Gasteiger partial charge >= 0.3 is 13.6 Å². The number of aliphatic hydroxyl groups is 1. The molecule has 69 heavy (non-hydrogen) atoms. The normalized spacial score (nSPS) is 16.6. The second-order valence-electron chi connectivity index (χ2n) is 17.1. The number of carbonyl (C=O) groups excluding carboxylic acids is 10. The summed E-state index contributed by atoms with van der Waals surface area (Å²) in [6, 6.07) is -6.31. The Hall–Kier alpha value is -6.54. The molecule has 8 atom stereocenters. The van der Waals surface area contributed by atoms with Crippen molar-refractivity contribution >= 4 is 72.6 Å². The Kier molecular flexibility index (Phi) is 23.3. The quantitative estimate of drug-likeness (QED) is 0.0333. The molecule has 1 heterocycles. The molecule has 27 nitrogen and oxygen atoms in total. The number of primary amides is 3. The number of carboxylic acids is 1. The molecule has 1 fully saturated rings. The molecule has 18 N–H and O–H groups in total. The fourth-order valence-corrected chi connectivity index (χ4v) is 7.54. The molecule has 0 unspecified atom stereocenters. The van der Waals surface area contributed by atoms with Crippen molar-refractivity contribution in [2.24, 2.45) is 29.0 Å². The summed E-state index contributed by atoms with van der Waals surface area (Å²) >= 11 is 0. The van der Waals surface area contributed by atoms with Crippen molar-refractivity contribution in [3.63, 3.8) is 0 Å². The third-order valence-electron chi connectivity index (χ3n) is 10.5. The Morgan fingerprint density at radius 2 is 1.07 bits per heavy atom. The number of hydrogen-bond donors (Lipinski definition) is 15. The van der Waals surface area contributed by atoms with Gasteiger partial charge in [-0.25, -0.2) is 4.79 Å². The number of nitrogens with one attached hydrogen (secondary N) is 8. The fourth-order valence-electron chi connectivity index (χ4n) is 6.85. The lowest BCUT2D eigenvalue weighted by molar-refractivity contribution is -0.144. The van der Waals surface area contributed by atoms with Gasteiger partial charge in [0.2, 0.25) is 59.1 Å². The van der Waals surface area contributed by atoms with Crippen molar-refractivity contribution in [2.45, 2.75) is 127 Å². The van der Waals surface area contributed by atoms with E-state index < -0.39 is 171 Å². The summed E-state index contributed by atoms with van der Waals surface area (Å²) in [5.41, 5.74) is 16.4. The first kappa shape index (κ1) is 58.6. The van der Waals surface area contributed by atoms with Gasteiger partial charge in [0.15, 0.2) is 0 Å². The second-order valence-corrected chi connectivity index (χ2v) is 18.8.